The van der Waals surface area contributed by atoms with Gasteiger partial charge in [-0.25, -0.2) is 0 Å². The first-order valence-corrected chi connectivity index (χ1v) is 6.00. The molecule has 88 valence electrons. The van der Waals surface area contributed by atoms with Crippen LogP contribution in [0.15, 0.2) is 46.2 Å². The highest BCUT2D eigenvalue weighted by Crippen LogP contribution is 2.36. The number of anilines is 2. The summed E-state index contributed by atoms with van der Waals surface area (Å²) < 4.78 is 0. The van der Waals surface area contributed by atoms with Gasteiger partial charge in [-0.05, 0) is 42.8 Å². The number of nitrogen functional groups attached to an aromatic ring is 2. The van der Waals surface area contributed by atoms with Crippen LogP contribution in [0.25, 0.3) is 0 Å². The first-order valence-electron chi connectivity index (χ1n) is 5.19. The lowest BCUT2D eigenvalue weighted by molar-refractivity contribution is 0.470. The number of nitrogens with two attached hydrogens (primary N) is 2. The van der Waals surface area contributed by atoms with Crippen LogP contribution < -0.4 is 11.5 Å². The average molecular weight is 246 g/mol. The summed E-state index contributed by atoms with van der Waals surface area (Å²) in [6.07, 6.45) is 0. The molecule has 0 heterocycles. The van der Waals surface area contributed by atoms with E-state index in [-0.39, 0.29) is 5.75 Å². The molecule has 0 aliphatic heterocycles. The van der Waals surface area contributed by atoms with E-state index in [1.165, 1.54) is 11.8 Å². The van der Waals surface area contributed by atoms with E-state index in [1.807, 2.05) is 31.2 Å². The van der Waals surface area contributed by atoms with Crippen molar-refractivity contribution in [2.24, 2.45) is 0 Å². The molecule has 0 aromatic heterocycles. The zero-order chi connectivity index (χ0) is 12.4. The Morgan fingerprint density at radius 3 is 2.59 bits per heavy atom. The van der Waals surface area contributed by atoms with Crippen molar-refractivity contribution in [3.05, 3.63) is 42.0 Å². The Morgan fingerprint density at radius 2 is 1.88 bits per heavy atom. The van der Waals surface area contributed by atoms with Crippen LogP contribution in [-0.2, 0) is 0 Å². The molecule has 17 heavy (non-hydrogen) atoms. The number of rotatable bonds is 2. The highest BCUT2D eigenvalue weighted by molar-refractivity contribution is 7.99. The Kier molecular flexibility index (Phi) is 3.15. The molecule has 0 saturated heterocycles. The molecule has 0 aliphatic rings. The van der Waals surface area contributed by atoms with Crippen molar-refractivity contribution in [1.29, 1.82) is 0 Å². The maximum absolute atomic E-state index is 9.66. The minimum Gasteiger partial charge on any atom is -0.508 e. The summed E-state index contributed by atoms with van der Waals surface area (Å²) in [4.78, 5) is 1.83. The van der Waals surface area contributed by atoms with Crippen molar-refractivity contribution < 1.29 is 5.11 Å². The van der Waals surface area contributed by atoms with Gasteiger partial charge in [-0.1, -0.05) is 17.8 Å². The molecular formula is C13H14N2OS. The largest absolute Gasteiger partial charge is 0.508 e. The second-order valence-corrected chi connectivity index (χ2v) is 4.97. The van der Waals surface area contributed by atoms with E-state index in [9.17, 15) is 5.11 Å². The summed E-state index contributed by atoms with van der Waals surface area (Å²) in [6, 6.07) is 11.0. The van der Waals surface area contributed by atoms with E-state index in [0.717, 1.165) is 15.4 Å². The van der Waals surface area contributed by atoms with E-state index >= 15 is 0 Å². The first kappa shape index (κ1) is 11.7. The molecule has 2 rings (SSSR count). The number of hydrogen-bond donors (Lipinski definition) is 3. The average Bonchev–Trinajstić information content (AvgIpc) is 2.26. The lowest BCUT2D eigenvalue weighted by atomic mass is 10.2. The monoisotopic (exact) mass is 246 g/mol. The molecule has 0 radical (unpaired) electrons. The molecule has 0 aliphatic carbocycles. The number of phenolic OH excluding ortho intramolecular Hbond substituents is 1. The second kappa shape index (κ2) is 4.59. The Hall–Kier alpha value is -1.81. The number of aromatic hydroxyl groups is 1. The van der Waals surface area contributed by atoms with Crippen LogP contribution >= 0.6 is 11.8 Å². The van der Waals surface area contributed by atoms with Gasteiger partial charge in [0.15, 0.2) is 0 Å². The highest BCUT2D eigenvalue weighted by Gasteiger charge is 2.06. The summed E-state index contributed by atoms with van der Waals surface area (Å²) in [5.41, 5.74) is 13.8. The minimum atomic E-state index is 0.255. The third-order valence-electron chi connectivity index (χ3n) is 2.41. The number of phenols is 1. The smallest absolute Gasteiger partial charge is 0.119 e. The fourth-order valence-electron chi connectivity index (χ4n) is 1.49. The van der Waals surface area contributed by atoms with Gasteiger partial charge in [0.05, 0.1) is 0 Å². The molecule has 0 atom stereocenters. The molecule has 0 fully saturated rings. The van der Waals surface area contributed by atoms with Crippen LogP contribution in [0.4, 0.5) is 11.4 Å². The standard InChI is InChI=1S/C13H14N2OS/c1-8-5-11(15)13(7-12(8)16)17-10-4-2-3-9(14)6-10/h2-7,16H,14-15H2,1H3. The molecule has 0 bridgehead atoms. The Labute approximate surface area is 104 Å². The number of aryl methyl sites for hydroxylation is 1. The van der Waals surface area contributed by atoms with Gasteiger partial charge in [-0.15, -0.1) is 0 Å². The van der Waals surface area contributed by atoms with Crippen LogP contribution in [0, 0.1) is 6.92 Å². The van der Waals surface area contributed by atoms with E-state index in [2.05, 4.69) is 0 Å². The summed E-state index contributed by atoms with van der Waals surface area (Å²) in [6.45, 7) is 1.82. The lowest BCUT2D eigenvalue weighted by Crippen LogP contribution is -1.90. The van der Waals surface area contributed by atoms with E-state index in [1.54, 1.807) is 12.1 Å². The van der Waals surface area contributed by atoms with Crippen LogP contribution in [-0.4, -0.2) is 5.11 Å². The van der Waals surface area contributed by atoms with Crippen LogP contribution in [0.3, 0.4) is 0 Å². The maximum Gasteiger partial charge on any atom is 0.119 e. The van der Waals surface area contributed by atoms with E-state index in [0.29, 0.717) is 11.4 Å². The van der Waals surface area contributed by atoms with Crippen molar-refractivity contribution in [2.75, 3.05) is 11.5 Å². The normalized spacial score (nSPS) is 10.4. The number of benzene rings is 2. The quantitative estimate of drug-likeness (QED) is 0.562. The fourth-order valence-corrected chi connectivity index (χ4v) is 2.44. The van der Waals surface area contributed by atoms with Gasteiger partial charge < -0.3 is 16.6 Å². The highest BCUT2D eigenvalue weighted by atomic mass is 32.2. The molecule has 3 nitrogen and oxygen atoms in total. The van der Waals surface area contributed by atoms with Gasteiger partial charge in [0, 0.05) is 21.2 Å². The van der Waals surface area contributed by atoms with Gasteiger partial charge in [-0.3, -0.25) is 0 Å². The van der Waals surface area contributed by atoms with Crippen molar-refractivity contribution in [3.63, 3.8) is 0 Å². The molecule has 0 amide bonds. The molecule has 2 aromatic rings. The van der Waals surface area contributed by atoms with Crippen molar-refractivity contribution in [3.8, 4) is 5.75 Å². The molecule has 0 unspecified atom stereocenters. The Bertz CT molecular complexity index is 555. The van der Waals surface area contributed by atoms with Gasteiger partial charge >= 0.3 is 0 Å². The van der Waals surface area contributed by atoms with Gasteiger partial charge in [0.2, 0.25) is 0 Å². The summed E-state index contributed by atoms with van der Waals surface area (Å²) in [7, 11) is 0. The molecule has 0 saturated carbocycles. The molecule has 4 heteroatoms. The molecular weight excluding hydrogens is 232 g/mol. The summed E-state index contributed by atoms with van der Waals surface area (Å²) >= 11 is 1.49. The molecule has 2 aromatic carbocycles. The zero-order valence-electron chi connectivity index (χ0n) is 9.47. The summed E-state index contributed by atoms with van der Waals surface area (Å²) in [5, 5.41) is 9.66. The fraction of sp³-hybridized carbons (Fsp3) is 0.0769. The maximum atomic E-state index is 9.66. The predicted octanol–water partition coefficient (Wildman–Crippen LogP) is 3.02. The van der Waals surface area contributed by atoms with Gasteiger partial charge in [0.1, 0.15) is 5.75 Å². The van der Waals surface area contributed by atoms with Crippen molar-refractivity contribution >= 4 is 23.1 Å². The van der Waals surface area contributed by atoms with Crippen LogP contribution in [0.2, 0.25) is 0 Å². The van der Waals surface area contributed by atoms with Crippen molar-refractivity contribution in [1.82, 2.24) is 0 Å². The first-order chi connectivity index (χ1) is 8.06. The Morgan fingerprint density at radius 1 is 1.12 bits per heavy atom. The summed E-state index contributed by atoms with van der Waals surface area (Å²) in [5.74, 6) is 0.255. The minimum absolute atomic E-state index is 0.255. The second-order valence-electron chi connectivity index (χ2n) is 3.85. The SMILES string of the molecule is Cc1cc(N)c(Sc2cccc(N)c2)cc1O. The third-order valence-corrected chi connectivity index (χ3v) is 3.48. The number of hydrogen-bond acceptors (Lipinski definition) is 4. The lowest BCUT2D eigenvalue weighted by Gasteiger charge is -2.08. The topological polar surface area (TPSA) is 72.3 Å². The third kappa shape index (κ3) is 2.65. The van der Waals surface area contributed by atoms with Gasteiger partial charge in [-0.2, -0.15) is 0 Å². The molecule has 5 N–H and O–H groups in total. The van der Waals surface area contributed by atoms with Crippen LogP contribution in [0.1, 0.15) is 5.56 Å². The zero-order valence-corrected chi connectivity index (χ0v) is 10.3. The van der Waals surface area contributed by atoms with Crippen molar-refractivity contribution in [2.45, 2.75) is 16.7 Å². The van der Waals surface area contributed by atoms with Crippen LogP contribution in [0.5, 0.6) is 5.75 Å². The van der Waals surface area contributed by atoms with Gasteiger partial charge in [0.25, 0.3) is 0 Å². The van der Waals surface area contributed by atoms with E-state index < -0.39 is 0 Å². The van der Waals surface area contributed by atoms with E-state index in [4.69, 9.17) is 11.5 Å². The Balaban J connectivity index is 2.33. The molecule has 0 spiro atoms. The predicted molar refractivity (Wildman–Crippen MR) is 72.2 cm³/mol.